The Bertz CT molecular complexity index is 532. The summed E-state index contributed by atoms with van der Waals surface area (Å²) >= 11 is 0. The zero-order valence-corrected chi connectivity index (χ0v) is 8.37. The van der Waals surface area contributed by atoms with Crippen molar-refractivity contribution in [1.29, 1.82) is 0 Å². The van der Waals surface area contributed by atoms with E-state index in [-0.39, 0.29) is 11.4 Å². The number of benzene rings is 1. The fourth-order valence-corrected chi connectivity index (χ4v) is 1.61. The van der Waals surface area contributed by atoms with Gasteiger partial charge in [0, 0.05) is 5.92 Å². The zero-order chi connectivity index (χ0) is 11.1. The Morgan fingerprint density at radius 1 is 1.25 bits per heavy atom. The molecule has 1 aliphatic carbocycles. The molecule has 1 fully saturated rings. The molecule has 0 unspecified atom stereocenters. The zero-order valence-electron chi connectivity index (χ0n) is 8.37. The summed E-state index contributed by atoms with van der Waals surface area (Å²) in [6.07, 6.45) is 2.17. The lowest BCUT2D eigenvalue weighted by molar-refractivity contribution is 0.510. The van der Waals surface area contributed by atoms with E-state index in [2.05, 4.69) is 15.2 Å². The van der Waals surface area contributed by atoms with Crippen LogP contribution in [-0.2, 0) is 0 Å². The van der Waals surface area contributed by atoms with Crippen molar-refractivity contribution in [3.05, 3.63) is 35.7 Å². The molecule has 1 heterocycles. The Kier molecular flexibility index (Phi) is 1.99. The quantitative estimate of drug-likeness (QED) is 0.846. The predicted octanol–water partition coefficient (Wildman–Crippen LogP) is 2.63. The minimum absolute atomic E-state index is 0.100. The smallest absolute Gasteiger partial charge is 0.184 e. The molecule has 1 N–H and O–H groups in total. The molecule has 16 heavy (non-hydrogen) atoms. The number of nitrogens with one attached hydrogen (secondary N) is 1. The highest BCUT2D eigenvalue weighted by Crippen LogP contribution is 2.38. The average Bonchev–Trinajstić information content (AvgIpc) is 3.02. The third kappa shape index (κ3) is 1.48. The molecule has 0 amide bonds. The van der Waals surface area contributed by atoms with Gasteiger partial charge in [-0.25, -0.2) is 13.8 Å². The number of rotatable bonds is 2. The summed E-state index contributed by atoms with van der Waals surface area (Å²) in [6, 6.07) is 3.99. The second-order valence-corrected chi connectivity index (χ2v) is 3.92. The van der Waals surface area contributed by atoms with Crippen molar-refractivity contribution in [1.82, 2.24) is 15.2 Å². The molecular weight excluding hydrogens is 212 g/mol. The summed E-state index contributed by atoms with van der Waals surface area (Å²) in [6.45, 7) is 0. The van der Waals surface area contributed by atoms with Gasteiger partial charge in [0.2, 0.25) is 0 Å². The van der Waals surface area contributed by atoms with Gasteiger partial charge >= 0.3 is 0 Å². The second-order valence-electron chi connectivity index (χ2n) is 3.92. The van der Waals surface area contributed by atoms with E-state index in [0.717, 1.165) is 24.7 Å². The van der Waals surface area contributed by atoms with Crippen LogP contribution in [0.25, 0.3) is 11.4 Å². The Morgan fingerprint density at radius 2 is 2.06 bits per heavy atom. The summed E-state index contributed by atoms with van der Waals surface area (Å²) in [5.41, 5.74) is 0.100. The summed E-state index contributed by atoms with van der Waals surface area (Å²) < 4.78 is 26.4. The highest BCUT2D eigenvalue weighted by molar-refractivity contribution is 5.55. The minimum Gasteiger partial charge on any atom is -0.262 e. The van der Waals surface area contributed by atoms with Gasteiger partial charge in [-0.2, -0.15) is 5.10 Å². The summed E-state index contributed by atoms with van der Waals surface area (Å²) in [7, 11) is 0. The van der Waals surface area contributed by atoms with Gasteiger partial charge in [-0.05, 0) is 25.0 Å². The van der Waals surface area contributed by atoms with Crippen molar-refractivity contribution in [2.75, 3.05) is 0 Å². The molecule has 2 aromatic rings. The fraction of sp³-hybridized carbons (Fsp3) is 0.273. The van der Waals surface area contributed by atoms with E-state index >= 15 is 0 Å². The number of nitrogens with zero attached hydrogens (tertiary/aromatic N) is 2. The van der Waals surface area contributed by atoms with Crippen molar-refractivity contribution in [3.63, 3.8) is 0 Å². The molecule has 3 nitrogen and oxygen atoms in total. The van der Waals surface area contributed by atoms with Crippen LogP contribution in [0.3, 0.4) is 0 Å². The number of aromatic nitrogens is 3. The highest BCUT2D eigenvalue weighted by Gasteiger charge is 2.27. The number of halogens is 2. The van der Waals surface area contributed by atoms with Gasteiger partial charge in [-0.3, -0.25) is 5.10 Å². The Hall–Kier alpha value is -1.78. The van der Waals surface area contributed by atoms with Crippen LogP contribution in [0.5, 0.6) is 0 Å². The van der Waals surface area contributed by atoms with Crippen LogP contribution < -0.4 is 0 Å². The van der Waals surface area contributed by atoms with E-state index in [1.54, 1.807) is 0 Å². The van der Waals surface area contributed by atoms with Gasteiger partial charge in [0.15, 0.2) is 17.5 Å². The molecule has 1 aromatic heterocycles. The maximum absolute atomic E-state index is 13.4. The first-order valence-corrected chi connectivity index (χ1v) is 5.12. The van der Waals surface area contributed by atoms with E-state index in [0.29, 0.717) is 5.92 Å². The SMILES string of the molecule is Fc1cccc(-c2n[nH]c(C3CC3)n2)c1F. The van der Waals surface area contributed by atoms with Gasteiger partial charge in [-0.1, -0.05) is 6.07 Å². The van der Waals surface area contributed by atoms with Crippen LogP contribution in [-0.4, -0.2) is 15.2 Å². The van der Waals surface area contributed by atoms with Gasteiger partial charge in [0.05, 0.1) is 5.56 Å². The Labute approximate surface area is 90.5 Å². The van der Waals surface area contributed by atoms with E-state index < -0.39 is 11.6 Å². The predicted molar refractivity (Wildman–Crippen MR) is 53.7 cm³/mol. The van der Waals surface area contributed by atoms with Crippen molar-refractivity contribution in [3.8, 4) is 11.4 Å². The maximum atomic E-state index is 13.4. The van der Waals surface area contributed by atoms with Gasteiger partial charge < -0.3 is 0 Å². The third-order valence-corrected chi connectivity index (χ3v) is 2.66. The molecule has 1 aliphatic rings. The minimum atomic E-state index is -0.899. The molecule has 82 valence electrons. The van der Waals surface area contributed by atoms with E-state index in [1.807, 2.05) is 0 Å². The lowest BCUT2D eigenvalue weighted by Crippen LogP contribution is -1.90. The van der Waals surface area contributed by atoms with E-state index in [1.165, 1.54) is 12.1 Å². The lowest BCUT2D eigenvalue weighted by Gasteiger charge is -1.97. The second kappa shape index (κ2) is 3.37. The van der Waals surface area contributed by atoms with Gasteiger partial charge in [0.1, 0.15) is 5.82 Å². The first-order chi connectivity index (χ1) is 7.75. The van der Waals surface area contributed by atoms with Crippen molar-refractivity contribution < 1.29 is 8.78 Å². The lowest BCUT2D eigenvalue weighted by atomic mass is 10.2. The fourth-order valence-electron chi connectivity index (χ4n) is 1.61. The number of hydrogen-bond acceptors (Lipinski definition) is 2. The van der Waals surface area contributed by atoms with Crippen LogP contribution in [0.1, 0.15) is 24.6 Å². The molecule has 0 spiro atoms. The molecular formula is C11H9F2N3. The first-order valence-electron chi connectivity index (χ1n) is 5.12. The highest BCUT2D eigenvalue weighted by atomic mass is 19.2. The molecule has 0 aliphatic heterocycles. The summed E-state index contributed by atoms with van der Waals surface area (Å²) in [5.74, 6) is -0.380. The van der Waals surface area contributed by atoms with E-state index in [4.69, 9.17) is 0 Å². The third-order valence-electron chi connectivity index (χ3n) is 2.66. The molecule has 5 heteroatoms. The number of hydrogen-bond donors (Lipinski definition) is 1. The monoisotopic (exact) mass is 221 g/mol. The first kappa shape index (κ1) is 9.45. The molecule has 3 rings (SSSR count). The molecule has 0 saturated heterocycles. The van der Waals surface area contributed by atoms with Crippen LogP contribution in [0.15, 0.2) is 18.2 Å². The molecule has 0 atom stereocenters. The Morgan fingerprint density at radius 3 is 2.81 bits per heavy atom. The van der Waals surface area contributed by atoms with Gasteiger partial charge in [-0.15, -0.1) is 0 Å². The van der Waals surface area contributed by atoms with Crippen LogP contribution in [0, 0.1) is 11.6 Å². The molecule has 1 aromatic carbocycles. The van der Waals surface area contributed by atoms with Crippen LogP contribution >= 0.6 is 0 Å². The normalized spacial score (nSPS) is 15.4. The van der Waals surface area contributed by atoms with Crippen molar-refractivity contribution >= 4 is 0 Å². The molecule has 1 saturated carbocycles. The number of aromatic amines is 1. The molecule has 0 bridgehead atoms. The van der Waals surface area contributed by atoms with Crippen LogP contribution in [0.4, 0.5) is 8.78 Å². The molecule has 0 radical (unpaired) electrons. The topological polar surface area (TPSA) is 41.6 Å². The van der Waals surface area contributed by atoms with Crippen molar-refractivity contribution in [2.24, 2.45) is 0 Å². The van der Waals surface area contributed by atoms with E-state index in [9.17, 15) is 8.78 Å². The largest absolute Gasteiger partial charge is 0.262 e. The number of H-pyrrole nitrogens is 1. The standard InChI is InChI=1S/C11H9F2N3/c12-8-3-1-2-7(9(8)13)11-14-10(15-16-11)6-4-5-6/h1-3,6H,4-5H2,(H,14,15,16). The van der Waals surface area contributed by atoms with Gasteiger partial charge in [0.25, 0.3) is 0 Å². The Balaban J connectivity index is 2.03. The maximum Gasteiger partial charge on any atom is 0.184 e. The van der Waals surface area contributed by atoms with Crippen molar-refractivity contribution in [2.45, 2.75) is 18.8 Å². The summed E-state index contributed by atoms with van der Waals surface area (Å²) in [5, 5.41) is 6.67. The van der Waals surface area contributed by atoms with Crippen LogP contribution in [0.2, 0.25) is 0 Å². The summed E-state index contributed by atoms with van der Waals surface area (Å²) in [4.78, 5) is 4.17. The average molecular weight is 221 g/mol.